The lowest BCUT2D eigenvalue weighted by atomic mass is 10.0. The molecule has 0 saturated carbocycles. The second kappa shape index (κ2) is 15.5. The monoisotopic (exact) mass is 583 g/mol. The Morgan fingerprint density at radius 1 is 1.03 bits per heavy atom. The summed E-state index contributed by atoms with van der Waals surface area (Å²) in [5.41, 5.74) is 2.55. The van der Waals surface area contributed by atoms with Gasteiger partial charge < -0.3 is 14.6 Å². The van der Waals surface area contributed by atoms with Crippen LogP contribution in [0.4, 0.5) is 0 Å². The van der Waals surface area contributed by atoms with E-state index in [9.17, 15) is 9.90 Å². The van der Waals surface area contributed by atoms with Gasteiger partial charge in [-0.25, -0.2) is 4.79 Å². The summed E-state index contributed by atoms with van der Waals surface area (Å²) in [6.45, 7) is 2.91. The quantitative estimate of drug-likeness (QED) is 0.134. The second-order valence-corrected chi connectivity index (χ2v) is 11.2. The standard InChI is InChI=1S/C26H35Br2NO4/c1-3-4-5-6-7-8-9-10-16-33-23-15-14-21(29-24(23)25(27)28)18-22(30)19-12-11-13-20(17-19)26(31)32-2/h11-15,17,22,25,30H,3-10,16,18H2,1-2H3. The van der Waals surface area contributed by atoms with E-state index in [4.69, 9.17) is 14.5 Å². The highest BCUT2D eigenvalue weighted by atomic mass is 79.9. The summed E-state index contributed by atoms with van der Waals surface area (Å²) in [4.78, 5) is 16.5. The molecule has 2 rings (SSSR count). The Labute approximate surface area is 214 Å². The van der Waals surface area contributed by atoms with Crippen LogP contribution in [0.2, 0.25) is 0 Å². The molecular weight excluding hydrogens is 550 g/mol. The number of halogens is 2. The minimum atomic E-state index is -0.789. The lowest BCUT2D eigenvalue weighted by Crippen LogP contribution is -2.08. The van der Waals surface area contributed by atoms with E-state index >= 15 is 0 Å². The van der Waals surface area contributed by atoms with Crippen LogP contribution in [-0.2, 0) is 11.2 Å². The Hall–Kier alpha value is -1.44. The molecule has 1 aromatic carbocycles. The van der Waals surface area contributed by atoms with Crippen molar-refractivity contribution >= 4 is 37.8 Å². The van der Waals surface area contributed by atoms with Gasteiger partial charge in [-0.2, -0.15) is 0 Å². The van der Waals surface area contributed by atoms with Gasteiger partial charge in [-0.3, -0.25) is 4.98 Å². The van der Waals surface area contributed by atoms with E-state index < -0.39 is 12.1 Å². The number of aliphatic hydroxyl groups excluding tert-OH is 1. The van der Waals surface area contributed by atoms with Crippen LogP contribution in [-0.4, -0.2) is 29.8 Å². The van der Waals surface area contributed by atoms with Crippen molar-refractivity contribution in [2.24, 2.45) is 0 Å². The van der Waals surface area contributed by atoms with Gasteiger partial charge in [-0.15, -0.1) is 0 Å². The first-order chi connectivity index (χ1) is 16.0. The molecule has 1 aromatic heterocycles. The van der Waals surface area contributed by atoms with E-state index in [0.717, 1.165) is 23.6 Å². The number of benzene rings is 1. The smallest absolute Gasteiger partial charge is 0.337 e. The molecule has 1 heterocycles. The maximum absolute atomic E-state index is 11.8. The van der Waals surface area contributed by atoms with E-state index in [-0.39, 0.29) is 3.74 Å². The molecule has 33 heavy (non-hydrogen) atoms. The molecule has 7 heteroatoms. The predicted octanol–water partition coefficient (Wildman–Crippen LogP) is 7.45. The zero-order chi connectivity index (χ0) is 24.1. The average Bonchev–Trinajstić information content (AvgIpc) is 2.83. The molecule has 0 aliphatic carbocycles. The summed E-state index contributed by atoms with van der Waals surface area (Å²) in [7, 11) is 1.34. The Balaban J connectivity index is 1.90. The summed E-state index contributed by atoms with van der Waals surface area (Å²) in [5, 5.41) is 10.7. The Morgan fingerprint density at radius 2 is 1.73 bits per heavy atom. The van der Waals surface area contributed by atoms with Crippen LogP contribution in [0.5, 0.6) is 5.75 Å². The Kier molecular flexibility index (Phi) is 13.0. The number of hydrogen-bond acceptors (Lipinski definition) is 5. The Morgan fingerprint density at radius 3 is 2.39 bits per heavy atom. The van der Waals surface area contributed by atoms with Gasteiger partial charge >= 0.3 is 5.97 Å². The van der Waals surface area contributed by atoms with Gasteiger partial charge in [0.25, 0.3) is 0 Å². The second-order valence-electron chi connectivity index (χ2n) is 8.15. The van der Waals surface area contributed by atoms with Crippen LogP contribution in [0.25, 0.3) is 0 Å². The van der Waals surface area contributed by atoms with Crippen LogP contribution in [0.1, 0.15) is 95.4 Å². The zero-order valence-corrected chi connectivity index (χ0v) is 22.7. The van der Waals surface area contributed by atoms with Gasteiger partial charge in [0.15, 0.2) is 0 Å². The van der Waals surface area contributed by atoms with Crippen LogP contribution < -0.4 is 4.74 Å². The van der Waals surface area contributed by atoms with Crippen molar-refractivity contribution in [1.82, 2.24) is 4.98 Å². The molecule has 0 aliphatic rings. The number of carbonyl (C=O) groups is 1. The predicted molar refractivity (Wildman–Crippen MR) is 139 cm³/mol. The number of ether oxygens (including phenoxy) is 2. The number of carbonyl (C=O) groups excluding carboxylic acids is 1. The van der Waals surface area contributed by atoms with Crippen molar-refractivity contribution in [3.8, 4) is 5.75 Å². The van der Waals surface area contributed by atoms with Gasteiger partial charge in [0.2, 0.25) is 0 Å². The van der Waals surface area contributed by atoms with Crippen LogP contribution in [0.3, 0.4) is 0 Å². The summed E-state index contributed by atoms with van der Waals surface area (Å²) in [6, 6.07) is 10.6. The van der Waals surface area contributed by atoms with Gasteiger partial charge in [-0.05, 0) is 36.2 Å². The number of alkyl halides is 2. The average molecular weight is 585 g/mol. The number of hydrogen-bond donors (Lipinski definition) is 1. The van der Waals surface area contributed by atoms with E-state index in [1.54, 1.807) is 24.3 Å². The SMILES string of the molecule is CCCCCCCCCCOc1ccc(CC(O)c2cccc(C(=O)OC)c2)nc1C(Br)Br. The van der Waals surface area contributed by atoms with Crippen LogP contribution in [0, 0.1) is 0 Å². The highest BCUT2D eigenvalue weighted by Gasteiger charge is 2.17. The normalized spacial score (nSPS) is 12.1. The molecule has 0 bridgehead atoms. The number of nitrogens with zero attached hydrogens (tertiary/aromatic N) is 1. The van der Waals surface area contributed by atoms with Crippen molar-refractivity contribution in [2.45, 2.75) is 74.6 Å². The third kappa shape index (κ3) is 9.75. The van der Waals surface area contributed by atoms with Gasteiger partial charge in [0, 0.05) is 12.1 Å². The maximum Gasteiger partial charge on any atom is 0.337 e. The number of methoxy groups -OCH3 is 1. The number of esters is 1. The fourth-order valence-corrected chi connectivity index (χ4v) is 4.28. The van der Waals surface area contributed by atoms with Crippen molar-refractivity contribution in [3.05, 3.63) is 58.9 Å². The van der Waals surface area contributed by atoms with Gasteiger partial charge in [0.05, 0.1) is 25.4 Å². The van der Waals surface area contributed by atoms with Gasteiger partial charge in [0.1, 0.15) is 15.2 Å². The molecule has 5 nitrogen and oxygen atoms in total. The highest BCUT2D eigenvalue weighted by molar-refractivity contribution is 9.24. The van der Waals surface area contributed by atoms with Crippen molar-refractivity contribution in [2.75, 3.05) is 13.7 Å². The Bertz CT molecular complexity index is 860. The number of unbranched alkanes of at least 4 members (excludes halogenated alkanes) is 7. The lowest BCUT2D eigenvalue weighted by Gasteiger charge is -2.15. The molecule has 1 atom stereocenters. The first-order valence-corrected chi connectivity index (χ1v) is 13.6. The first kappa shape index (κ1) is 27.8. The van der Waals surface area contributed by atoms with Crippen molar-refractivity contribution in [1.29, 1.82) is 0 Å². The molecule has 0 amide bonds. The number of rotatable bonds is 15. The molecule has 0 aliphatic heterocycles. The van der Waals surface area contributed by atoms with E-state index in [1.165, 1.54) is 52.1 Å². The molecule has 2 aromatic rings. The maximum atomic E-state index is 11.8. The van der Waals surface area contributed by atoms with Gasteiger partial charge in [-0.1, -0.05) is 95.9 Å². The molecular formula is C26H35Br2NO4. The third-order valence-electron chi connectivity index (χ3n) is 5.50. The number of pyridine rings is 1. The summed E-state index contributed by atoms with van der Waals surface area (Å²) in [5.74, 6) is 0.312. The van der Waals surface area contributed by atoms with Crippen LogP contribution >= 0.6 is 31.9 Å². The van der Waals surface area contributed by atoms with E-state index in [0.29, 0.717) is 24.2 Å². The molecule has 0 fully saturated rings. The largest absolute Gasteiger partial charge is 0.492 e. The molecule has 1 unspecified atom stereocenters. The molecule has 182 valence electrons. The highest BCUT2D eigenvalue weighted by Crippen LogP contribution is 2.35. The molecule has 1 N–H and O–H groups in total. The van der Waals surface area contributed by atoms with E-state index in [1.807, 2.05) is 12.1 Å². The van der Waals surface area contributed by atoms with Crippen LogP contribution in [0.15, 0.2) is 36.4 Å². The first-order valence-electron chi connectivity index (χ1n) is 11.7. The summed E-state index contributed by atoms with van der Waals surface area (Å²) < 4.78 is 10.6. The molecule has 0 radical (unpaired) electrons. The molecule has 0 spiro atoms. The lowest BCUT2D eigenvalue weighted by molar-refractivity contribution is 0.0600. The topological polar surface area (TPSA) is 68.7 Å². The fourth-order valence-electron chi connectivity index (χ4n) is 3.62. The minimum absolute atomic E-state index is 0.154. The number of aromatic nitrogens is 1. The molecule has 0 saturated heterocycles. The minimum Gasteiger partial charge on any atom is -0.492 e. The number of aliphatic hydroxyl groups is 1. The fraction of sp³-hybridized carbons (Fsp3) is 0.538. The van der Waals surface area contributed by atoms with E-state index in [2.05, 4.69) is 38.8 Å². The summed E-state index contributed by atoms with van der Waals surface area (Å²) in [6.07, 6.45) is 9.60. The third-order valence-corrected chi connectivity index (χ3v) is 6.37. The summed E-state index contributed by atoms with van der Waals surface area (Å²) >= 11 is 7.07. The van der Waals surface area contributed by atoms with Crippen molar-refractivity contribution in [3.63, 3.8) is 0 Å². The van der Waals surface area contributed by atoms with Crippen molar-refractivity contribution < 1.29 is 19.4 Å². The zero-order valence-electron chi connectivity index (χ0n) is 19.6.